The number of hydrogen-bond acceptors (Lipinski definition) is 9. The topological polar surface area (TPSA) is 135 Å². The number of fused-ring (bicyclic) bond motifs is 2. The predicted octanol–water partition coefficient (Wildman–Crippen LogP) is 3.47. The number of ether oxygens (including phenoxy) is 2. The van der Waals surface area contributed by atoms with Gasteiger partial charge in [-0.25, -0.2) is 13.6 Å². The first kappa shape index (κ1) is 30.8. The number of hydrogen-bond donors (Lipinski definition) is 3. The van der Waals surface area contributed by atoms with E-state index >= 15 is 4.39 Å². The monoisotopic (exact) mass is 651 g/mol. The Labute approximate surface area is 261 Å². The van der Waals surface area contributed by atoms with Crippen LogP contribution in [0.2, 0.25) is 0 Å². The number of rotatable bonds is 5. The number of nitrogens with zero attached hydrogens (tertiary/aromatic N) is 4. The van der Waals surface area contributed by atoms with Crippen molar-refractivity contribution in [3.8, 4) is 6.01 Å². The number of urea groups is 1. The number of amides is 3. The Kier molecular flexibility index (Phi) is 7.30. The summed E-state index contributed by atoms with van der Waals surface area (Å²) in [5, 5.41) is 5.01. The summed E-state index contributed by atoms with van der Waals surface area (Å²) in [7, 11) is 0. The van der Waals surface area contributed by atoms with E-state index in [-0.39, 0.29) is 37.8 Å². The van der Waals surface area contributed by atoms with E-state index in [9.17, 15) is 27.2 Å². The van der Waals surface area contributed by atoms with Crippen LogP contribution >= 0.6 is 0 Å². The van der Waals surface area contributed by atoms with Crippen molar-refractivity contribution in [2.24, 2.45) is 0 Å². The van der Waals surface area contributed by atoms with Crippen LogP contribution in [-0.2, 0) is 28.7 Å². The lowest BCUT2D eigenvalue weighted by atomic mass is 9.88. The molecule has 0 saturated carbocycles. The molecular formula is C30H34F5N7O4. The predicted molar refractivity (Wildman–Crippen MR) is 153 cm³/mol. The van der Waals surface area contributed by atoms with Gasteiger partial charge in [-0.05, 0) is 50.8 Å². The molecule has 1 aromatic heterocycles. The molecule has 0 unspecified atom stereocenters. The Balaban J connectivity index is 1.27. The lowest BCUT2D eigenvalue weighted by Gasteiger charge is -2.40. The fourth-order valence-electron chi connectivity index (χ4n) is 7.97. The number of nitrogens with one attached hydrogen (secondary N) is 2. The molecule has 4 N–H and O–H groups in total. The standard InChI is InChI=1S/C30H34F5N7O4/c1-15-8-18(36)23(32)21(22(15)30(33,34)35)20-9-19-17(12-45-20)24(41-6-3-5-29(13-41)25(43)39-26(44)40-29)38-27(37-19)46-14-28-4-2-7-42(28)11-16(31)10-28/h8,16,20H,2-7,9-14,36H2,1H3,(H2,39,40,43,44)/t16-,20+,28+,29+/m1/s1. The van der Waals surface area contributed by atoms with Gasteiger partial charge >= 0.3 is 18.2 Å². The number of carbonyl (C=O) groups is 2. The molecule has 46 heavy (non-hydrogen) atoms. The molecule has 0 bridgehead atoms. The Hall–Kier alpha value is -3.79. The molecule has 5 aliphatic rings. The highest BCUT2D eigenvalue weighted by molar-refractivity contribution is 6.07. The van der Waals surface area contributed by atoms with E-state index in [1.165, 1.54) is 6.92 Å². The van der Waals surface area contributed by atoms with E-state index in [0.717, 1.165) is 25.5 Å². The fraction of sp³-hybridized carbons (Fsp3) is 0.600. The van der Waals surface area contributed by atoms with Crippen LogP contribution in [0.3, 0.4) is 0 Å². The van der Waals surface area contributed by atoms with Crippen LogP contribution in [0.25, 0.3) is 0 Å². The highest BCUT2D eigenvalue weighted by atomic mass is 19.4. The third-order valence-corrected chi connectivity index (χ3v) is 10.0. The normalized spacial score (nSPS) is 29.6. The van der Waals surface area contributed by atoms with E-state index in [1.807, 2.05) is 0 Å². The van der Waals surface area contributed by atoms with Gasteiger partial charge in [0.1, 0.15) is 24.1 Å². The molecule has 1 aromatic carbocycles. The second-order valence-corrected chi connectivity index (χ2v) is 13.0. The van der Waals surface area contributed by atoms with E-state index in [4.69, 9.17) is 15.2 Å². The molecule has 7 rings (SSSR count). The molecular weight excluding hydrogens is 617 g/mol. The molecule has 4 saturated heterocycles. The summed E-state index contributed by atoms with van der Waals surface area (Å²) in [5.41, 5.74) is 2.28. The van der Waals surface area contributed by atoms with Crippen LogP contribution in [-0.4, -0.2) is 76.8 Å². The fourth-order valence-corrected chi connectivity index (χ4v) is 7.97. The Morgan fingerprint density at radius 3 is 2.72 bits per heavy atom. The second kappa shape index (κ2) is 10.9. The quantitative estimate of drug-likeness (QED) is 0.252. The molecule has 5 aliphatic heterocycles. The molecule has 6 heterocycles. The van der Waals surface area contributed by atoms with Gasteiger partial charge in [-0.2, -0.15) is 23.1 Å². The second-order valence-electron chi connectivity index (χ2n) is 13.0. The first-order valence-electron chi connectivity index (χ1n) is 15.4. The van der Waals surface area contributed by atoms with Crippen molar-refractivity contribution in [3.05, 3.63) is 39.8 Å². The van der Waals surface area contributed by atoms with E-state index in [2.05, 4.69) is 25.5 Å². The summed E-state index contributed by atoms with van der Waals surface area (Å²) >= 11 is 0. The SMILES string of the molecule is Cc1cc(N)c(F)c([C@@H]2Cc3nc(OC[C@@]45CCCN4C[C@H](F)C5)nc(N4CCC[C@@]5(C4)NC(=O)NC5=O)c3CO2)c1C(F)(F)F. The van der Waals surface area contributed by atoms with Crippen LogP contribution in [0.4, 0.5) is 38.3 Å². The third kappa shape index (κ3) is 5.09. The number of imide groups is 1. The van der Waals surface area contributed by atoms with Crippen molar-refractivity contribution in [1.82, 2.24) is 25.5 Å². The number of alkyl halides is 4. The van der Waals surface area contributed by atoms with Gasteiger partial charge in [0.25, 0.3) is 5.91 Å². The highest BCUT2D eigenvalue weighted by Crippen LogP contribution is 2.45. The Bertz CT molecular complexity index is 1610. The number of benzene rings is 1. The number of nitrogens with two attached hydrogens (primary N) is 1. The number of aryl methyl sites for hydroxylation is 1. The third-order valence-electron chi connectivity index (χ3n) is 10.0. The van der Waals surface area contributed by atoms with Crippen LogP contribution in [0, 0.1) is 12.7 Å². The van der Waals surface area contributed by atoms with Crippen LogP contribution in [0.5, 0.6) is 6.01 Å². The molecule has 0 aliphatic carbocycles. The van der Waals surface area contributed by atoms with Crippen molar-refractivity contribution in [2.75, 3.05) is 43.4 Å². The van der Waals surface area contributed by atoms with Crippen LogP contribution in [0.15, 0.2) is 6.07 Å². The van der Waals surface area contributed by atoms with Crippen molar-refractivity contribution in [2.45, 2.75) is 81.6 Å². The molecule has 2 aromatic rings. The number of aromatic nitrogens is 2. The first-order valence-corrected chi connectivity index (χ1v) is 15.4. The summed E-state index contributed by atoms with van der Waals surface area (Å²) in [6, 6.07) is 0.276. The Morgan fingerprint density at radius 2 is 1.98 bits per heavy atom. The number of carbonyl (C=O) groups excluding carboxylic acids is 2. The summed E-state index contributed by atoms with van der Waals surface area (Å²) in [4.78, 5) is 38.0. The van der Waals surface area contributed by atoms with Crippen LogP contribution in [0.1, 0.15) is 66.2 Å². The van der Waals surface area contributed by atoms with Gasteiger partial charge in [0.15, 0.2) is 5.82 Å². The smallest absolute Gasteiger partial charge is 0.417 e. The number of nitrogen functional groups attached to an aromatic ring is 1. The van der Waals surface area contributed by atoms with Crippen LogP contribution < -0.4 is 26.0 Å². The molecule has 4 atom stereocenters. The van der Waals surface area contributed by atoms with Crippen molar-refractivity contribution in [1.29, 1.82) is 0 Å². The summed E-state index contributed by atoms with van der Waals surface area (Å²) in [6.45, 7) is 2.63. The van der Waals surface area contributed by atoms with Gasteiger partial charge in [0.05, 0.1) is 41.7 Å². The maximum Gasteiger partial charge on any atom is 0.417 e. The van der Waals surface area contributed by atoms with E-state index in [1.54, 1.807) is 4.90 Å². The van der Waals surface area contributed by atoms with E-state index < -0.39 is 64.1 Å². The largest absolute Gasteiger partial charge is 0.461 e. The minimum Gasteiger partial charge on any atom is -0.461 e. The molecule has 248 valence electrons. The summed E-state index contributed by atoms with van der Waals surface area (Å²) in [5.74, 6) is -1.34. The van der Waals surface area contributed by atoms with Gasteiger partial charge in [0.2, 0.25) is 0 Å². The maximum absolute atomic E-state index is 15.4. The van der Waals surface area contributed by atoms with Gasteiger partial charge in [-0.15, -0.1) is 0 Å². The van der Waals surface area contributed by atoms with Gasteiger partial charge in [-0.3, -0.25) is 15.0 Å². The zero-order chi connectivity index (χ0) is 32.6. The number of piperidine rings is 1. The van der Waals surface area contributed by atoms with Crippen molar-refractivity contribution < 1.29 is 41.0 Å². The van der Waals surface area contributed by atoms with Gasteiger partial charge in [0, 0.05) is 37.1 Å². The maximum atomic E-state index is 15.4. The highest BCUT2D eigenvalue weighted by Gasteiger charge is 2.51. The molecule has 1 spiro atoms. The van der Waals surface area contributed by atoms with E-state index in [0.29, 0.717) is 49.4 Å². The first-order chi connectivity index (χ1) is 21.8. The molecule has 16 heteroatoms. The lowest BCUT2D eigenvalue weighted by Crippen LogP contribution is -2.59. The zero-order valence-corrected chi connectivity index (χ0v) is 25.1. The van der Waals surface area contributed by atoms with Crippen molar-refractivity contribution in [3.63, 3.8) is 0 Å². The summed E-state index contributed by atoms with van der Waals surface area (Å²) in [6.07, 6.45) is -4.64. The number of halogens is 5. The lowest BCUT2D eigenvalue weighted by molar-refractivity contribution is -0.140. The molecule has 11 nitrogen and oxygen atoms in total. The van der Waals surface area contributed by atoms with Gasteiger partial charge < -0.3 is 25.4 Å². The number of anilines is 2. The Morgan fingerprint density at radius 1 is 1.20 bits per heavy atom. The minimum atomic E-state index is -4.88. The molecule has 4 fully saturated rings. The molecule has 0 radical (unpaired) electrons. The average Bonchev–Trinajstić information content (AvgIpc) is 3.60. The summed E-state index contributed by atoms with van der Waals surface area (Å²) < 4.78 is 84.6. The van der Waals surface area contributed by atoms with Gasteiger partial charge in [-0.1, -0.05) is 0 Å². The minimum absolute atomic E-state index is 0.0689. The average molecular weight is 652 g/mol. The zero-order valence-electron chi connectivity index (χ0n) is 25.1. The molecule has 3 amide bonds. The van der Waals surface area contributed by atoms with Crippen molar-refractivity contribution >= 4 is 23.4 Å².